The van der Waals surface area contributed by atoms with E-state index in [9.17, 15) is 5.26 Å². The number of halogens is 3. The van der Waals surface area contributed by atoms with E-state index < -0.39 is 6.04 Å². The molecule has 1 atom stereocenters. The van der Waals surface area contributed by atoms with E-state index in [1.54, 1.807) is 0 Å². The summed E-state index contributed by atoms with van der Waals surface area (Å²) in [4.78, 5) is 0. The van der Waals surface area contributed by atoms with Gasteiger partial charge in [0.2, 0.25) is 0 Å². The summed E-state index contributed by atoms with van der Waals surface area (Å²) in [6.07, 6.45) is 0. The molecule has 19 heavy (non-hydrogen) atoms. The van der Waals surface area contributed by atoms with Crippen molar-refractivity contribution in [1.82, 2.24) is 0 Å². The molecule has 2 rings (SSSR count). The second-order valence-electron chi connectivity index (χ2n) is 3.89. The maximum atomic E-state index is 9.32. The fourth-order valence-electron chi connectivity index (χ4n) is 1.63. The fraction of sp³-hybridized carbons (Fsp3) is 0.0714. The SMILES string of the molecule is N#CC(Nc1cccc(Br)c1)c1ccc(Br)c(Br)c1. The van der Waals surface area contributed by atoms with Crippen molar-refractivity contribution in [2.24, 2.45) is 0 Å². The first-order chi connectivity index (χ1) is 9.10. The van der Waals surface area contributed by atoms with Crippen LogP contribution in [-0.2, 0) is 0 Å². The van der Waals surface area contributed by atoms with E-state index in [1.807, 2.05) is 42.5 Å². The van der Waals surface area contributed by atoms with Crippen molar-refractivity contribution in [2.45, 2.75) is 6.04 Å². The van der Waals surface area contributed by atoms with E-state index in [0.717, 1.165) is 24.7 Å². The van der Waals surface area contributed by atoms with Gasteiger partial charge in [0, 0.05) is 19.1 Å². The predicted molar refractivity (Wildman–Crippen MR) is 88.0 cm³/mol. The molecule has 1 N–H and O–H groups in total. The van der Waals surface area contributed by atoms with Crippen molar-refractivity contribution in [2.75, 3.05) is 5.32 Å². The standard InChI is InChI=1S/C14H9Br3N2/c15-10-2-1-3-11(7-10)19-14(8-18)9-4-5-12(16)13(17)6-9/h1-7,14,19H. The van der Waals surface area contributed by atoms with Crippen LogP contribution in [0.4, 0.5) is 5.69 Å². The van der Waals surface area contributed by atoms with Crippen LogP contribution in [0.5, 0.6) is 0 Å². The zero-order valence-corrected chi connectivity index (χ0v) is 14.5. The number of nitriles is 1. The van der Waals surface area contributed by atoms with Gasteiger partial charge in [-0.25, -0.2) is 0 Å². The molecule has 0 bridgehead atoms. The van der Waals surface area contributed by atoms with E-state index in [4.69, 9.17) is 0 Å². The first-order valence-corrected chi connectivity index (χ1v) is 7.84. The molecule has 96 valence electrons. The highest BCUT2D eigenvalue weighted by Gasteiger charge is 2.11. The molecule has 0 heterocycles. The third kappa shape index (κ3) is 3.82. The third-order valence-corrected chi connectivity index (χ3v) is 4.91. The average Bonchev–Trinajstić information content (AvgIpc) is 2.39. The molecule has 0 aromatic heterocycles. The number of anilines is 1. The third-order valence-electron chi connectivity index (χ3n) is 2.54. The summed E-state index contributed by atoms with van der Waals surface area (Å²) in [5.74, 6) is 0. The summed E-state index contributed by atoms with van der Waals surface area (Å²) in [7, 11) is 0. The summed E-state index contributed by atoms with van der Waals surface area (Å²) in [6, 6.07) is 15.4. The van der Waals surface area contributed by atoms with Gasteiger partial charge < -0.3 is 5.32 Å². The van der Waals surface area contributed by atoms with E-state index in [0.29, 0.717) is 0 Å². The number of nitrogens with zero attached hydrogens (tertiary/aromatic N) is 1. The van der Waals surface area contributed by atoms with Crippen LogP contribution in [0.1, 0.15) is 11.6 Å². The van der Waals surface area contributed by atoms with Crippen LogP contribution in [0.15, 0.2) is 55.9 Å². The van der Waals surface area contributed by atoms with Gasteiger partial charge >= 0.3 is 0 Å². The van der Waals surface area contributed by atoms with Gasteiger partial charge in [-0.05, 0) is 67.8 Å². The zero-order chi connectivity index (χ0) is 13.8. The van der Waals surface area contributed by atoms with Gasteiger partial charge in [-0.15, -0.1) is 0 Å². The van der Waals surface area contributed by atoms with E-state index in [-0.39, 0.29) is 0 Å². The number of nitrogens with one attached hydrogen (secondary N) is 1. The zero-order valence-electron chi connectivity index (χ0n) is 9.70. The molecule has 0 aliphatic carbocycles. The number of benzene rings is 2. The largest absolute Gasteiger partial charge is 0.366 e. The van der Waals surface area contributed by atoms with E-state index in [2.05, 4.69) is 59.2 Å². The maximum absolute atomic E-state index is 9.32. The Morgan fingerprint density at radius 2 is 1.79 bits per heavy atom. The second-order valence-corrected chi connectivity index (χ2v) is 6.51. The van der Waals surface area contributed by atoms with Crippen LogP contribution in [0.2, 0.25) is 0 Å². The van der Waals surface area contributed by atoms with Crippen LogP contribution in [0.3, 0.4) is 0 Å². The number of rotatable bonds is 3. The van der Waals surface area contributed by atoms with Crippen molar-refractivity contribution < 1.29 is 0 Å². The van der Waals surface area contributed by atoms with Crippen molar-refractivity contribution in [3.05, 3.63) is 61.4 Å². The molecular weight excluding hydrogens is 436 g/mol. The Bertz CT molecular complexity index is 635. The molecule has 5 heteroatoms. The van der Waals surface area contributed by atoms with Crippen LogP contribution in [0.25, 0.3) is 0 Å². The van der Waals surface area contributed by atoms with Crippen molar-refractivity contribution in [3.63, 3.8) is 0 Å². The maximum Gasteiger partial charge on any atom is 0.140 e. The number of hydrogen-bond acceptors (Lipinski definition) is 2. The Kier molecular flexibility index (Phi) is 5.03. The lowest BCUT2D eigenvalue weighted by molar-refractivity contribution is 0.995. The Hall–Kier alpha value is -0.830. The summed E-state index contributed by atoms with van der Waals surface area (Å²) >= 11 is 10.3. The van der Waals surface area contributed by atoms with Crippen molar-refractivity contribution >= 4 is 53.5 Å². The topological polar surface area (TPSA) is 35.8 Å². The molecule has 0 saturated carbocycles. The highest BCUT2D eigenvalue weighted by Crippen LogP contribution is 2.28. The molecular formula is C14H9Br3N2. The minimum atomic E-state index is -0.390. The smallest absolute Gasteiger partial charge is 0.140 e. The first-order valence-electron chi connectivity index (χ1n) is 5.47. The van der Waals surface area contributed by atoms with Gasteiger partial charge in [-0.3, -0.25) is 0 Å². The quantitative estimate of drug-likeness (QED) is 0.663. The molecule has 0 saturated heterocycles. The first kappa shape index (κ1) is 14.6. The average molecular weight is 445 g/mol. The molecule has 0 amide bonds. The molecule has 0 aliphatic heterocycles. The van der Waals surface area contributed by atoms with E-state index in [1.165, 1.54) is 0 Å². The number of hydrogen-bond donors (Lipinski definition) is 1. The minimum Gasteiger partial charge on any atom is -0.366 e. The van der Waals surface area contributed by atoms with Gasteiger partial charge in [-0.2, -0.15) is 5.26 Å². The fourth-order valence-corrected chi connectivity index (χ4v) is 2.67. The van der Waals surface area contributed by atoms with Gasteiger partial charge in [-0.1, -0.05) is 28.1 Å². The Labute approximate surface area is 137 Å². The van der Waals surface area contributed by atoms with Crippen LogP contribution in [0, 0.1) is 11.3 Å². The Balaban J connectivity index is 2.25. The summed E-state index contributed by atoms with van der Waals surface area (Å²) in [5.41, 5.74) is 1.82. The van der Waals surface area contributed by atoms with Crippen LogP contribution < -0.4 is 5.32 Å². The predicted octanol–water partition coefficient (Wildman–Crippen LogP) is 5.65. The molecule has 1 unspecified atom stereocenters. The highest BCUT2D eigenvalue weighted by atomic mass is 79.9. The second kappa shape index (κ2) is 6.56. The lowest BCUT2D eigenvalue weighted by Gasteiger charge is -2.14. The molecule has 0 fully saturated rings. The minimum absolute atomic E-state index is 0.390. The summed E-state index contributed by atoms with van der Waals surface area (Å²) in [6.45, 7) is 0. The monoisotopic (exact) mass is 442 g/mol. The lowest BCUT2D eigenvalue weighted by Crippen LogP contribution is -2.08. The highest BCUT2D eigenvalue weighted by molar-refractivity contribution is 9.13. The molecule has 2 nitrogen and oxygen atoms in total. The van der Waals surface area contributed by atoms with Gasteiger partial charge in [0.15, 0.2) is 0 Å². The van der Waals surface area contributed by atoms with Gasteiger partial charge in [0.05, 0.1) is 6.07 Å². The van der Waals surface area contributed by atoms with E-state index >= 15 is 0 Å². The molecule has 2 aromatic carbocycles. The van der Waals surface area contributed by atoms with Crippen LogP contribution >= 0.6 is 47.8 Å². The summed E-state index contributed by atoms with van der Waals surface area (Å²) < 4.78 is 2.88. The molecule has 2 aromatic rings. The van der Waals surface area contributed by atoms with Crippen molar-refractivity contribution in [1.29, 1.82) is 5.26 Å². The molecule has 0 aliphatic rings. The lowest BCUT2D eigenvalue weighted by atomic mass is 10.1. The van der Waals surface area contributed by atoms with Gasteiger partial charge in [0.25, 0.3) is 0 Å². The Morgan fingerprint density at radius 1 is 1.00 bits per heavy atom. The van der Waals surface area contributed by atoms with Crippen molar-refractivity contribution in [3.8, 4) is 6.07 Å². The normalized spacial score (nSPS) is 11.7. The van der Waals surface area contributed by atoms with Crippen LogP contribution in [-0.4, -0.2) is 0 Å². The Morgan fingerprint density at radius 3 is 2.42 bits per heavy atom. The molecule has 0 radical (unpaired) electrons. The van der Waals surface area contributed by atoms with Gasteiger partial charge in [0.1, 0.15) is 6.04 Å². The molecule has 0 spiro atoms. The summed E-state index contributed by atoms with van der Waals surface area (Å²) in [5, 5.41) is 12.5.